The molecular formula is C9H10ClF3N2. The van der Waals surface area contributed by atoms with Gasteiger partial charge in [-0.1, -0.05) is 11.6 Å². The lowest BCUT2D eigenvalue weighted by atomic mass is 10.2. The quantitative estimate of drug-likeness (QED) is 0.803. The maximum atomic E-state index is 12.1. The van der Waals surface area contributed by atoms with E-state index in [1.807, 2.05) is 0 Å². The van der Waals surface area contributed by atoms with Crippen molar-refractivity contribution in [1.29, 1.82) is 0 Å². The molecule has 0 amide bonds. The molecule has 0 heterocycles. The van der Waals surface area contributed by atoms with E-state index in [4.69, 9.17) is 17.3 Å². The maximum absolute atomic E-state index is 12.1. The van der Waals surface area contributed by atoms with Crippen LogP contribution in [0.3, 0.4) is 0 Å². The second kappa shape index (κ2) is 4.18. The lowest BCUT2D eigenvalue weighted by Gasteiger charge is -2.22. The van der Waals surface area contributed by atoms with Crippen LogP contribution in [0.4, 0.5) is 24.5 Å². The average molecular weight is 239 g/mol. The van der Waals surface area contributed by atoms with Gasteiger partial charge in [0, 0.05) is 12.7 Å². The Bertz CT molecular complexity index is 352. The summed E-state index contributed by atoms with van der Waals surface area (Å²) < 4.78 is 36.3. The topological polar surface area (TPSA) is 29.3 Å². The Morgan fingerprint density at radius 3 is 2.47 bits per heavy atom. The van der Waals surface area contributed by atoms with Crippen molar-refractivity contribution in [3.63, 3.8) is 0 Å². The molecule has 0 saturated carbocycles. The second-order valence-corrected chi connectivity index (χ2v) is 3.59. The number of rotatable bonds is 2. The molecule has 0 unspecified atom stereocenters. The van der Waals surface area contributed by atoms with Crippen molar-refractivity contribution in [2.24, 2.45) is 0 Å². The zero-order valence-corrected chi connectivity index (χ0v) is 8.73. The molecular weight excluding hydrogens is 229 g/mol. The summed E-state index contributed by atoms with van der Waals surface area (Å²) in [6, 6.07) is 4.39. The molecule has 0 atom stereocenters. The van der Waals surface area contributed by atoms with Crippen molar-refractivity contribution in [1.82, 2.24) is 0 Å². The van der Waals surface area contributed by atoms with E-state index in [0.717, 1.165) is 4.90 Å². The fraction of sp³-hybridized carbons (Fsp3) is 0.333. The minimum absolute atomic E-state index is 0.210. The van der Waals surface area contributed by atoms with Crippen molar-refractivity contribution in [3.05, 3.63) is 23.2 Å². The Hall–Kier alpha value is -1.10. The predicted octanol–water partition coefficient (Wildman–Crippen LogP) is 2.92. The van der Waals surface area contributed by atoms with E-state index >= 15 is 0 Å². The maximum Gasteiger partial charge on any atom is 0.405 e. The van der Waals surface area contributed by atoms with Gasteiger partial charge < -0.3 is 10.6 Å². The molecule has 2 N–H and O–H groups in total. The summed E-state index contributed by atoms with van der Waals surface area (Å²) in [5.74, 6) is 0. The molecule has 6 heteroatoms. The van der Waals surface area contributed by atoms with Gasteiger partial charge in [-0.2, -0.15) is 13.2 Å². The molecule has 84 valence electrons. The van der Waals surface area contributed by atoms with Gasteiger partial charge in [-0.15, -0.1) is 0 Å². The van der Waals surface area contributed by atoms with Crippen molar-refractivity contribution in [2.75, 3.05) is 24.2 Å². The van der Waals surface area contributed by atoms with Crippen LogP contribution in [-0.4, -0.2) is 19.8 Å². The molecule has 2 nitrogen and oxygen atoms in total. The molecule has 0 bridgehead atoms. The van der Waals surface area contributed by atoms with Crippen LogP contribution in [0.25, 0.3) is 0 Å². The van der Waals surface area contributed by atoms with Gasteiger partial charge in [0.1, 0.15) is 6.54 Å². The van der Waals surface area contributed by atoms with E-state index in [-0.39, 0.29) is 5.02 Å². The van der Waals surface area contributed by atoms with E-state index in [1.54, 1.807) is 0 Å². The summed E-state index contributed by atoms with van der Waals surface area (Å²) in [5.41, 5.74) is 6.16. The highest BCUT2D eigenvalue weighted by Crippen LogP contribution is 2.29. The number of nitrogen functional groups attached to an aromatic ring is 1. The smallest absolute Gasteiger partial charge is 0.399 e. The standard InChI is InChI=1S/C9H10ClF3N2/c1-15(5-9(11,12)13)8-3-2-6(14)4-7(8)10/h2-4H,5,14H2,1H3. The third-order valence-corrected chi connectivity index (χ3v) is 2.10. The van der Waals surface area contributed by atoms with Crippen LogP contribution in [0.15, 0.2) is 18.2 Å². The summed E-state index contributed by atoms with van der Waals surface area (Å²) in [6.45, 7) is -1.05. The zero-order valence-electron chi connectivity index (χ0n) is 7.98. The summed E-state index contributed by atoms with van der Waals surface area (Å²) >= 11 is 5.76. The van der Waals surface area contributed by atoms with E-state index in [0.29, 0.717) is 11.4 Å². The number of nitrogens with two attached hydrogens (primary N) is 1. The van der Waals surface area contributed by atoms with E-state index in [1.165, 1.54) is 25.2 Å². The molecule has 0 radical (unpaired) electrons. The van der Waals surface area contributed by atoms with Crippen LogP contribution < -0.4 is 10.6 Å². The van der Waals surface area contributed by atoms with Crippen molar-refractivity contribution in [2.45, 2.75) is 6.18 Å². The highest BCUT2D eigenvalue weighted by molar-refractivity contribution is 6.33. The molecule has 0 aliphatic carbocycles. The highest BCUT2D eigenvalue weighted by atomic mass is 35.5. The first kappa shape index (κ1) is 12.0. The highest BCUT2D eigenvalue weighted by Gasteiger charge is 2.29. The van der Waals surface area contributed by atoms with Gasteiger partial charge in [0.25, 0.3) is 0 Å². The van der Waals surface area contributed by atoms with Crippen molar-refractivity contribution < 1.29 is 13.2 Å². The van der Waals surface area contributed by atoms with Gasteiger partial charge in [-0.25, -0.2) is 0 Å². The number of alkyl halides is 3. The third kappa shape index (κ3) is 3.51. The van der Waals surface area contributed by atoms with Crippen LogP contribution in [0, 0.1) is 0 Å². The normalized spacial score (nSPS) is 11.5. The first-order valence-electron chi connectivity index (χ1n) is 4.12. The summed E-state index contributed by atoms with van der Waals surface area (Å²) in [6.07, 6.45) is -4.25. The Labute approximate surface area is 90.4 Å². The number of anilines is 2. The molecule has 1 rings (SSSR count). The Balaban J connectivity index is 2.87. The summed E-state index contributed by atoms with van der Waals surface area (Å²) in [7, 11) is 1.32. The minimum Gasteiger partial charge on any atom is -0.399 e. The number of benzene rings is 1. The van der Waals surface area contributed by atoms with E-state index in [9.17, 15) is 13.2 Å². The summed E-state index contributed by atoms with van der Waals surface area (Å²) in [5, 5.41) is 0.210. The zero-order chi connectivity index (χ0) is 11.6. The van der Waals surface area contributed by atoms with Crippen molar-refractivity contribution in [3.8, 4) is 0 Å². The van der Waals surface area contributed by atoms with Crippen LogP contribution in [0.5, 0.6) is 0 Å². The fourth-order valence-corrected chi connectivity index (χ4v) is 1.52. The Kier molecular flexibility index (Phi) is 3.34. The molecule has 0 saturated heterocycles. The van der Waals surface area contributed by atoms with Crippen LogP contribution >= 0.6 is 11.6 Å². The average Bonchev–Trinajstić information content (AvgIpc) is 1.99. The number of halogens is 4. The second-order valence-electron chi connectivity index (χ2n) is 3.18. The molecule has 0 aliphatic rings. The van der Waals surface area contributed by atoms with Gasteiger partial charge in [0.05, 0.1) is 10.7 Å². The minimum atomic E-state index is -4.25. The van der Waals surface area contributed by atoms with E-state index in [2.05, 4.69) is 0 Å². The van der Waals surface area contributed by atoms with Gasteiger partial charge >= 0.3 is 6.18 Å². The first-order valence-corrected chi connectivity index (χ1v) is 4.50. The fourth-order valence-electron chi connectivity index (χ4n) is 1.19. The van der Waals surface area contributed by atoms with Crippen LogP contribution in [-0.2, 0) is 0 Å². The van der Waals surface area contributed by atoms with Gasteiger partial charge in [-0.3, -0.25) is 0 Å². The number of nitrogens with zero attached hydrogens (tertiary/aromatic N) is 1. The van der Waals surface area contributed by atoms with Crippen LogP contribution in [0.1, 0.15) is 0 Å². The molecule has 0 spiro atoms. The monoisotopic (exact) mass is 238 g/mol. The van der Waals surface area contributed by atoms with Gasteiger partial charge in [-0.05, 0) is 18.2 Å². The number of hydrogen-bond donors (Lipinski definition) is 1. The molecule has 0 aromatic heterocycles. The molecule has 1 aromatic carbocycles. The number of hydrogen-bond acceptors (Lipinski definition) is 2. The van der Waals surface area contributed by atoms with Crippen LogP contribution in [0.2, 0.25) is 5.02 Å². The third-order valence-electron chi connectivity index (χ3n) is 1.80. The predicted molar refractivity (Wildman–Crippen MR) is 55.2 cm³/mol. The molecule has 0 aliphatic heterocycles. The lowest BCUT2D eigenvalue weighted by Crippen LogP contribution is -2.30. The molecule has 1 aromatic rings. The molecule has 15 heavy (non-hydrogen) atoms. The Morgan fingerprint density at radius 1 is 1.40 bits per heavy atom. The van der Waals surface area contributed by atoms with Crippen molar-refractivity contribution >= 4 is 23.0 Å². The van der Waals surface area contributed by atoms with E-state index < -0.39 is 12.7 Å². The SMILES string of the molecule is CN(CC(F)(F)F)c1ccc(N)cc1Cl. The Morgan fingerprint density at radius 2 is 2.00 bits per heavy atom. The lowest BCUT2D eigenvalue weighted by molar-refractivity contribution is -0.119. The van der Waals surface area contributed by atoms with Gasteiger partial charge in [0.15, 0.2) is 0 Å². The van der Waals surface area contributed by atoms with Gasteiger partial charge in [0.2, 0.25) is 0 Å². The first-order chi connectivity index (χ1) is 6.79. The largest absolute Gasteiger partial charge is 0.405 e. The molecule has 0 fully saturated rings. The summed E-state index contributed by atoms with van der Waals surface area (Å²) in [4.78, 5) is 1.03.